The van der Waals surface area contributed by atoms with Crippen molar-refractivity contribution < 1.29 is 4.79 Å². The van der Waals surface area contributed by atoms with Crippen LogP contribution < -0.4 is 5.32 Å². The molecule has 0 aliphatic carbocycles. The molecule has 3 rings (SSSR count). The van der Waals surface area contributed by atoms with Crippen molar-refractivity contribution in [3.8, 4) is 5.69 Å². The summed E-state index contributed by atoms with van der Waals surface area (Å²) < 4.78 is 1.75. The van der Waals surface area contributed by atoms with Crippen LogP contribution in [0.15, 0.2) is 42.7 Å². The second-order valence-corrected chi connectivity index (χ2v) is 7.25. The van der Waals surface area contributed by atoms with E-state index in [9.17, 15) is 4.79 Å². The Hall–Kier alpha value is -2.37. The zero-order chi connectivity index (χ0) is 19.6. The van der Waals surface area contributed by atoms with Crippen LogP contribution in [0.2, 0.25) is 10.0 Å². The Balaban J connectivity index is 1.79. The molecule has 1 atom stereocenters. The van der Waals surface area contributed by atoms with Crippen LogP contribution in [-0.2, 0) is 11.2 Å². The third-order valence-electron chi connectivity index (χ3n) is 4.50. The van der Waals surface area contributed by atoms with Crippen molar-refractivity contribution in [2.75, 3.05) is 0 Å². The number of rotatable bonds is 5. The number of carbonyl (C=O) groups excluding carboxylic acids is 1. The zero-order valence-electron chi connectivity index (χ0n) is 15.3. The van der Waals surface area contributed by atoms with Gasteiger partial charge in [-0.1, -0.05) is 23.2 Å². The molecule has 7 heteroatoms. The Labute approximate surface area is 168 Å². The van der Waals surface area contributed by atoms with Gasteiger partial charge in [0.1, 0.15) is 0 Å². The maximum atomic E-state index is 12.6. The van der Waals surface area contributed by atoms with Gasteiger partial charge in [0.25, 0.3) is 0 Å². The predicted octanol–water partition coefficient (Wildman–Crippen LogP) is 4.61. The van der Waals surface area contributed by atoms with E-state index in [0.717, 1.165) is 28.2 Å². The molecule has 2 heterocycles. The van der Waals surface area contributed by atoms with E-state index in [0.29, 0.717) is 10.0 Å². The van der Waals surface area contributed by atoms with Gasteiger partial charge in [0.15, 0.2) is 0 Å². The maximum absolute atomic E-state index is 12.6. The second kappa shape index (κ2) is 8.11. The number of aryl methyl sites for hydroxylation is 1. The third-order valence-corrected chi connectivity index (χ3v) is 5.04. The van der Waals surface area contributed by atoms with Gasteiger partial charge in [-0.15, -0.1) is 0 Å². The number of halogens is 2. The average Bonchev–Trinajstić information content (AvgIpc) is 2.90. The van der Waals surface area contributed by atoms with Gasteiger partial charge in [0.05, 0.1) is 28.9 Å². The van der Waals surface area contributed by atoms with Crippen molar-refractivity contribution in [1.82, 2.24) is 20.1 Å². The molecule has 0 saturated carbocycles. The topological polar surface area (TPSA) is 59.8 Å². The standard InChI is InChI=1S/C20H20Cl2N4O/c1-12(15-6-8-23-9-7-15)24-20(27)11-17-13(2)25-26(14(17)3)19-5-4-16(21)10-18(19)22/h4-10,12H,11H2,1-3H3,(H,24,27). The molecule has 3 aromatic rings. The van der Waals surface area contributed by atoms with Crippen LogP contribution in [0.25, 0.3) is 5.69 Å². The number of aromatic nitrogens is 3. The molecule has 0 fully saturated rings. The Kier molecular flexibility index (Phi) is 5.82. The molecule has 5 nitrogen and oxygen atoms in total. The Morgan fingerprint density at radius 1 is 1.19 bits per heavy atom. The van der Waals surface area contributed by atoms with Gasteiger partial charge in [-0.2, -0.15) is 5.10 Å². The number of carbonyl (C=O) groups is 1. The smallest absolute Gasteiger partial charge is 0.225 e. The van der Waals surface area contributed by atoms with Crippen molar-refractivity contribution in [3.05, 3.63) is 75.3 Å². The van der Waals surface area contributed by atoms with E-state index in [1.54, 1.807) is 29.2 Å². The molecular formula is C20H20Cl2N4O. The zero-order valence-corrected chi connectivity index (χ0v) is 16.8. The van der Waals surface area contributed by atoms with E-state index in [4.69, 9.17) is 23.2 Å². The molecule has 0 bridgehead atoms. The van der Waals surface area contributed by atoms with Crippen molar-refractivity contribution in [1.29, 1.82) is 0 Å². The van der Waals surface area contributed by atoms with E-state index in [2.05, 4.69) is 15.4 Å². The fourth-order valence-electron chi connectivity index (χ4n) is 3.01. The van der Waals surface area contributed by atoms with E-state index in [1.165, 1.54) is 0 Å². The summed E-state index contributed by atoms with van der Waals surface area (Å²) in [7, 11) is 0. The monoisotopic (exact) mass is 402 g/mol. The van der Waals surface area contributed by atoms with E-state index < -0.39 is 0 Å². The van der Waals surface area contributed by atoms with Crippen molar-refractivity contribution in [3.63, 3.8) is 0 Å². The minimum absolute atomic E-state index is 0.0627. The Bertz CT molecular complexity index is 970. The van der Waals surface area contributed by atoms with Crippen LogP contribution in [-0.4, -0.2) is 20.7 Å². The van der Waals surface area contributed by atoms with Crippen LogP contribution in [0.1, 0.15) is 35.5 Å². The van der Waals surface area contributed by atoms with Crippen LogP contribution in [0.3, 0.4) is 0 Å². The summed E-state index contributed by atoms with van der Waals surface area (Å²) in [6, 6.07) is 8.95. The highest BCUT2D eigenvalue weighted by Crippen LogP contribution is 2.27. The lowest BCUT2D eigenvalue weighted by Crippen LogP contribution is -2.28. The molecule has 0 radical (unpaired) electrons. The summed E-state index contributed by atoms with van der Waals surface area (Å²) in [6.07, 6.45) is 3.68. The molecule has 140 valence electrons. The Morgan fingerprint density at radius 2 is 1.89 bits per heavy atom. The van der Waals surface area contributed by atoms with E-state index in [-0.39, 0.29) is 18.4 Å². The first-order chi connectivity index (χ1) is 12.9. The molecule has 1 N–H and O–H groups in total. The normalized spacial score (nSPS) is 12.0. The van der Waals surface area contributed by atoms with Crippen molar-refractivity contribution in [2.24, 2.45) is 0 Å². The molecule has 2 aromatic heterocycles. The quantitative estimate of drug-likeness (QED) is 0.677. The first-order valence-corrected chi connectivity index (χ1v) is 9.32. The minimum Gasteiger partial charge on any atom is -0.349 e. The highest BCUT2D eigenvalue weighted by molar-refractivity contribution is 6.35. The van der Waals surface area contributed by atoms with Gasteiger partial charge >= 0.3 is 0 Å². The fraction of sp³-hybridized carbons (Fsp3) is 0.250. The molecule has 1 amide bonds. The van der Waals surface area contributed by atoms with Crippen LogP contribution >= 0.6 is 23.2 Å². The van der Waals surface area contributed by atoms with Crippen LogP contribution in [0.4, 0.5) is 0 Å². The number of hydrogen-bond donors (Lipinski definition) is 1. The van der Waals surface area contributed by atoms with E-state index >= 15 is 0 Å². The Morgan fingerprint density at radius 3 is 2.56 bits per heavy atom. The van der Waals surface area contributed by atoms with Crippen LogP contribution in [0, 0.1) is 13.8 Å². The lowest BCUT2D eigenvalue weighted by atomic mass is 10.1. The number of nitrogens with one attached hydrogen (secondary N) is 1. The molecule has 0 spiro atoms. The number of nitrogens with zero attached hydrogens (tertiary/aromatic N) is 3. The number of amides is 1. The van der Waals surface area contributed by atoms with E-state index in [1.807, 2.05) is 39.0 Å². The maximum Gasteiger partial charge on any atom is 0.225 e. The third kappa shape index (κ3) is 4.31. The van der Waals surface area contributed by atoms with Gasteiger partial charge < -0.3 is 5.32 Å². The predicted molar refractivity (Wildman–Crippen MR) is 108 cm³/mol. The van der Waals surface area contributed by atoms with Crippen LogP contribution in [0.5, 0.6) is 0 Å². The summed E-state index contributed by atoms with van der Waals surface area (Å²) in [5.74, 6) is -0.0627. The summed E-state index contributed by atoms with van der Waals surface area (Å²) in [5.41, 5.74) is 4.31. The number of hydrogen-bond acceptors (Lipinski definition) is 3. The molecule has 0 saturated heterocycles. The summed E-state index contributed by atoms with van der Waals surface area (Å²) in [4.78, 5) is 16.5. The summed E-state index contributed by atoms with van der Waals surface area (Å²) in [6.45, 7) is 5.77. The second-order valence-electron chi connectivity index (χ2n) is 6.40. The molecule has 0 aliphatic heterocycles. The molecule has 1 aromatic carbocycles. The highest BCUT2D eigenvalue weighted by atomic mass is 35.5. The minimum atomic E-state index is -0.0955. The molecule has 0 aliphatic rings. The highest BCUT2D eigenvalue weighted by Gasteiger charge is 2.18. The molecule has 27 heavy (non-hydrogen) atoms. The SMILES string of the molecule is Cc1nn(-c2ccc(Cl)cc2Cl)c(C)c1CC(=O)NC(C)c1ccncc1. The van der Waals surface area contributed by atoms with Gasteiger partial charge in [0, 0.05) is 28.7 Å². The van der Waals surface area contributed by atoms with Crippen molar-refractivity contribution >= 4 is 29.1 Å². The largest absolute Gasteiger partial charge is 0.349 e. The number of benzene rings is 1. The number of pyridine rings is 1. The van der Waals surface area contributed by atoms with Crippen molar-refractivity contribution in [2.45, 2.75) is 33.2 Å². The fourth-order valence-corrected chi connectivity index (χ4v) is 3.50. The summed E-state index contributed by atoms with van der Waals surface area (Å²) >= 11 is 12.3. The first-order valence-electron chi connectivity index (χ1n) is 8.56. The van der Waals surface area contributed by atoms with Gasteiger partial charge in [0.2, 0.25) is 5.91 Å². The summed E-state index contributed by atoms with van der Waals surface area (Å²) in [5, 5.41) is 8.66. The van der Waals surface area contributed by atoms with Gasteiger partial charge in [-0.25, -0.2) is 4.68 Å². The lowest BCUT2D eigenvalue weighted by Gasteiger charge is -2.14. The molecular weight excluding hydrogens is 383 g/mol. The average molecular weight is 403 g/mol. The first kappa shape index (κ1) is 19.4. The van der Waals surface area contributed by atoms with Gasteiger partial charge in [-0.05, 0) is 56.7 Å². The lowest BCUT2D eigenvalue weighted by molar-refractivity contribution is -0.121. The molecule has 1 unspecified atom stereocenters. The van der Waals surface area contributed by atoms with Gasteiger partial charge in [-0.3, -0.25) is 9.78 Å².